The number of benzene rings is 1. The number of primary sulfonamides is 1. The molecule has 0 radical (unpaired) electrons. The quantitative estimate of drug-likeness (QED) is 0.397. The predicted octanol–water partition coefficient (Wildman–Crippen LogP) is 2.83. The van der Waals surface area contributed by atoms with E-state index in [4.69, 9.17) is 26.2 Å². The van der Waals surface area contributed by atoms with Gasteiger partial charge >= 0.3 is 6.61 Å². The van der Waals surface area contributed by atoms with Gasteiger partial charge in [-0.2, -0.15) is 23.8 Å². The first-order valence-electron chi connectivity index (χ1n) is 9.39. The molecule has 0 aliphatic rings. The van der Waals surface area contributed by atoms with Gasteiger partial charge < -0.3 is 14.2 Å². The molecule has 0 saturated carbocycles. The van der Waals surface area contributed by atoms with Crippen LogP contribution < -0.4 is 19.3 Å². The molecule has 11 nitrogen and oxygen atoms in total. The van der Waals surface area contributed by atoms with Gasteiger partial charge in [0.15, 0.2) is 0 Å². The third-order valence-corrected chi connectivity index (χ3v) is 5.96. The van der Waals surface area contributed by atoms with Gasteiger partial charge in [0.25, 0.3) is 11.8 Å². The van der Waals surface area contributed by atoms with E-state index in [1.54, 1.807) is 19.2 Å². The highest BCUT2D eigenvalue weighted by molar-refractivity contribution is 7.89. The molecule has 4 rings (SSSR count). The maximum Gasteiger partial charge on any atom is 0.387 e. The zero-order chi connectivity index (χ0) is 24.8. The zero-order valence-corrected chi connectivity index (χ0v) is 19.4. The van der Waals surface area contributed by atoms with E-state index in [0.29, 0.717) is 11.4 Å². The predicted molar refractivity (Wildman–Crippen MR) is 117 cm³/mol. The Balaban J connectivity index is 2.12. The Bertz CT molecular complexity index is 1480. The molecular weight excluding hydrogens is 498 g/mol. The number of halogens is 3. The molecule has 0 amide bonds. The van der Waals surface area contributed by atoms with Crippen molar-refractivity contribution in [3.05, 3.63) is 41.3 Å². The van der Waals surface area contributed by atoms with Crippen molar-refractivity contribution < 1.29 is 31.4 Å². The fourth-order valence-corrected chi connectivity index (χ4v) is 4.33. The summed E-state index contributed by atoms with van der Waals surface area (Å²) in [5, 5.41) is 10.2. The molecule has 3 heterocycles. The molecule has 0 unspecified atom stereocenters. The number of nitrogens with zero attached hydrogens (tertiary/aromatic N) is 5. The molecule has 180 valence electrons. The second-order valence-corrected chi connectivity index (χ2v) is 8.79. The molecule has 0 saturated heterocycles. The molecule has 0 spiro atoms. The Morgan fingerprint density at radius 2 is 1.76 bits per heavy atom. The van der Waals surface area contributed by atoms with Crippen molar-refractivity contribution in [1.82, 2.24) is 24.3 Å². The van der Waals surface area contributed by atoms with E-state index in [0.717, 1.165) is 0 Å². The summed E-state index contributed by atoms with van der Waals surface area (Å²) in [6, 6.07) is 4.69. The zero-order valence-electron chi connectivity index (χ0n) is 17.9. The topological polar surface area (TPSA) is 136 Å². The monoisotopic (exact) mass is 514 g/mol. The summed E-state index contributed by atoms with van der Waals surface area (Å²) in [6.45, 7) is -1.44. The molecule has 0 aliphatic carbocycles. The van der Waals surface area contributed by atoms with Crippen LogP contribution in [0.1, 0.15) is 5.69 Å². The lowest BCUT2D eigenvalue weighted by atomic mass is 10.2. The van der Waals surface area contributed by atoms with Crippen molar-refractivity contribution in [1.29, 1.82) is 0 Å². The van der Waals surface area contributed by atoms with Crippen molar-refractivity contribution in [2.75, 3.05) is 14.2 Å². The van der Waals surface area contributed by atoms with Crippen LogP contribution in [0, 0.1) is 6.92 Å². The average Bonchev–Trinajstić information content (AvgIpc) is 3.37. The molecule has 34 heavy (non-hydrogen) atoms. The van der Waals surface area contributed by atoms with E-state index < -0.39 is 22.4 Å². The number of aromatic nitrogens is 5. The first kappa shape index (κ1) is 23.7. The number of aryl methyl sites for hydroxylation is 1. The molecule has 0 atom stereocenters. The van der Waals surface area contributed by atoms with Crippen LogP contribution in [0.5, 0.6) is 17.5 Å². The normalized spacial score (nSPS) is 11.9. The number of ether oxygens (including phenoxy) is 3. The lowest BCUT2D eigenvalue weighted by Crippen LogP contribution is -2.12. The van der Waals surface area contributed by atoms with E-state index in [1.807, 2.05) is 0 Å². The number of rotatable bonds is 7. The molecular formula is C19H17ClF2N6O5S. The highest BCUT2D eigenvalue weighted by atomic mass is 35.5. The van der Waals surface area contributed by atoms with E-state index >= 15 is 0 Å². The highest BCUT2D eigenvalue weighted by Gasteiger charge is 2.27. The van der Waals surface area contributed by atoms with Crippen LogP contribution in [0.2, 0.25) is 5.02 Å². The third kappa shape index (κ3) is 4.10. The Labute approximate surface area is 196 Å². The summed E-state index contributed by atoms with van der Waals surface area (Å²) in [5.41, 5.74) is 1.20. The summed E-state index contributed by atoms with van der Waals surface area (Å²) in [6.07, 6.45) is 2.81. The number of nitrogens with two attached hydrogens (primary N) is 1. The number of fused-ring (bicyclic) bond motifs is 1. The second-order valence-electron chi connectivity index (χ2n) is 6.85. The fraction of sp³-hybridized carbons (Fsp3) is 0.211. The summed E-state index contributed by atoms with van der Waals surface area (Å²) in [7, 11) is -1.85. The van der Waals surface area contributed by atoms with Crippen LogP contribution in [0.25, 0.3) is 22.5 Å². The van der Waals surface area contributed by atoms with E-state index in [9.17, 15) is 17.2 Å². The van der Waals surface area contributed by atoms with Gasteiger partial charge in [-0.25, -0.2) is 18.2 Å². The number of hydrogen-bond donors (Lipinski definition) is 1. The lowest BCUT2D eigenvalue weighted by molar-refractivity contribution is -0.0534. The fourth-order valence-electron chi connectivity index (χ4n) is 3.37. The summed E-state index contributed by atoms with van der Waals surface area (Å²) in [4.78, 5) is 7.99. The van der Waals surface area contributed by atoms with Crippen molar-refractivity contribution in [3.8, 4) is 29.1 Å². The Morgan fingerprint density at radius 3 is 2.26 bits per heavy atom. The molecule has 0 fully saturated rings. The van der Waals surface area contributed by atoms with Crippen LogP contribution in [0.15, 0.2) is 35.5 Å². The molecule has 0 bridgehead atoms. The lowest BCUT2D eigenvalue weighted by Gasteiger charge is -2.15. The van der Waals surface area contributed by atoms with Crippen LogP contribution in [0.3, 0.4) is 0 Å². The molecule has 15 heteroatoms. The number of alkyl halides is 2. The first-order chi connectivity index (χ1) is 16.0. The average molecular weight is 515 g/mol. The van der Waals surface area contributed by atoms with E-state index in [-0.39, 0.29) is 38.5 Å². The minimum atomic E-state index is -4.21. The smallest absolute Gasteiger partial charge is 0.387 e. The van der Waals surface area contributed by atoms with Gasteiger partial charge in [0.05, 0.1) is 30.5 Å². The number of methoxy groups -OCH3 is 2. The highest BCUT2D eigenvalue weighted by Crippen LogP contribution is 2.39. The van der Waals surface area contributed by atoms with Crippen LogP contribution in [0.4, 0.5) is 8.78 Å². The summed E-state index contributed by atoms with van der Waals surface area (Å²) in [5.74, 6) is -1.48. The van der Waals surface area contributed by atoms with Crippen LogP contribution in [-0.2, 0) is 10.0 Å². The van der Waals surface area contributed by atoms with Crippen molar-refractivity contribution >= 4 is 32.5 Å². The van der Waals surface area contributed by atoms with Gasteiger partial charge in [0.1, 0.15) is 10.6 Å². The first-order valence-corrected chi connectivity index (χ1v) is 11.3. The molecule has 2 N–H and O–H groups in total. The molecule has 1 aromatic carbocycles. The maximum absolute atomic E-state index is 12.9. The summed E-state index contributed by atoms with van der Waals surface area (Å²) >= 11 is 6.48. The summed E-state index contributed by atoms with van der Waals surface area (Å²) < 4.78 is 67.9. The SMILES string of the molecule is COc1nc(-n2cc(S(N)(=O)=O)c3ccc(Cl)c(-n4ccc(C)n4)c32)nc(OC)c1OC(F)F. The van der Waals surface area contributed by atoms with Crippen molar-refractivity contribution in [2.24, 2.45) is 5.14 Å². The largest absolute Gasteiger partial charge is 0.478 e. The number of sulfonamides is 1. The van der Waals surface area contributed by atoms with E-state index in [1.165, 1.54) is 41.8 Å². The third-order valence-electron chi connectivity index (χ3n) is 4.71. The van der Waals surface area contributed by atoms with Crippen LogP contribution >= 0.6 is 11.6 Å². The molecule has 4 aromatic rings. The van der Waals surface area contributed by atoms with Gasteiger partial charge in [0, 0.05) is 17.8 Å². The second kappa shape index (κ2) is 8.70. The standard InChI is InChI=1S/C19H17ClF2N6O5S/c1-9-6-7-28(26-9)14-11(20)5-4-10-12(34(23,29)30)8-27(13(10)14)19-24-16(31-2)15(33-18(21)22)17(25-19)32-3/h4-8,18H,1-3H3,(H2,23,29,30). The maximum atomic E-state index is 12.9. The Morgan fingerprint density at radius 1 is 1.12 bits per heavy atom. The van der Waals surface area contributed by atoms with Crippen molar-refractivity contribution in [2.45, 2.75) is 18.4 Å². The van der Waals surface area contributed by atoms with Gasteiger partial charge in [-0.05, 0) is 25.1 Å². The van der Waals surface area contributed by atoms with Crippen molar-refractivity contribution in [3.63, 3.8) is 0 Å². The minimum absolute atomic E-state index is 0.192. The minimum Gasteiger partial charge on any atom is -0.478 e. The van der Waals surface area contributed by atoms with Gasteiger partial charge in [-0.3, -0.25) is 4.57 Å². The van der Waals surface area contributed by atoms with Gasteiger partial charge in [0.2, 0.25) is 21.7 Å². The van der Waals surface area contributed by atoms with Gasteiger partial charge in [-0.15, -0.1) is 0 Å². The molecule has 3 aromatic heterocycles. The van der Waals surface area contributed by atoms with E-state index in [2.05, 4.69) is 19.8 Å². The molecule has 0 aliphatic heterocycles. The Kier molecular flexibility index (Phi) is 6.05. The van der Waals surface area contributed by atoms with Gasteiger partial charge in [-0.1, -0.05) is 11.6 Å². The number of hydrogen-bond acceptors (Lipinski definition) is 8. The van der Waals surface area contributed by atoms with Crippen LogP contribution in [-0.4, -0.2) is 53.6 Å². The Hall–Kier alpha value is -3.49.